The Morgan fingerprint density at radius 2 is 2.00 bits per heavy atom. The largest absolute Gasteiger partial charge is 0.494 e. The number of nitrogens with one attached hydrogen (secondary N) is 1. The smallest absolute Gasteiger partial charge is 0.146 e. The van der Waals surface area contributed by atoms with Crippen molar-refractivity contribution in [2.45, 2.75) is 51.6 Å². The van der Waals surface area contributed by atoms with Gasteiger partial charge in [-0.3, -0.25) is 0 Å². The Kier molecular flexibility index (Phi) is 3.53. The molecule has 0 unspecified atom stereocenters. The van der Waals surface area contributed by atoms with Crippen LogP contribution in [0.15, 0.2) is 12.1 Å². The first-order chi connectivity index (χ1) is 8.41. The van der Waals surface area contributed by atoms with Crippen LogP contribution < -0.4 is 15.8 Å². The molecule has 1 aliphatic rings. The Balaban J connectivity index is 2.29. The molecule has 1 fully saturated rings. The van der Waals surface area contributed by atoms with E-state index >= 15 is 0 Å². The number of ether oxygens (including phenoxy) is 1. The third kappa shape index (κ3) is 2.96. The lowest BCUT2D eigenvalue weighted by molar-refractivity contribution is 0.409. The van der Waals surface area contributed by atoms with Crippen LogP contribution in [0.2, 0.25) is 0 Å². The predicted octanol–water partition coefficient (Wildman–Crippen LogP) is 2.83. The summed E-state index contributed by atoms with van der Waals surface area (Å²) in [5, 5.41) is 3.52. The molecule has 3 heteroatoms. The number of nitrogens with two attached hydrogens (primary N) is 1. The fourth-order valence-electron chi connectivity index (χ4n) is 2.07. The normalized spacial score (nSPS) is 15.8. The number of hydrogen-bond donors (Lipinski definition) is 2. The molecule has 3 nitrogen and oxygen atoms in total. The van der Waals surface area contributed by atoms with Crippen molar-refractivity contribution in [3.63, 3.8) is 0 Å². The van der Waals surface area contributed by atoms with Gasteiger partial charge in [-0.2, -0.15) is 0 Å². The molecule has 0 amide bonds. The molecular weight excluding hydrogens is 224 g/mol. The fraction of sp³-hybridized carbons (Fsp3) is 0.600. The highest BCUT2D eigenvalue weighted by Gasteiger charge is 2.22. The van der Waals surface area contributed by atoms with E-state index in [9.17, 15) is 0 Å². The van der Waals surface area contributed by atoms with Gasteiger partial charge in [0.2, 0.25) is 0 Å². The second-order valence-corrected chi connectivity index (χ2v) is 6.16. The zero-order valence-electron chi connectivity index (χ0n) is 11.8. The summed E-state index contributed by atoms with van der Waals surface area (Å²) in [5.74, 6) is 0.816. The Labute approximate surface area is 110 Å². The van der Waals surface area contributed by atoms with Gasteiger partial charge in [-0.05, 0) is 29.9 Å². The van der Waals surface area contributed by atoms with Crippen LogP contribution in [0, 0.1) is 0 Å². The fourth-order valence-corrected chi connectivity index (χ4v) is 2.07. The highest BCUT2D eigenvalue weighted by Crippen LogP contribution is 2.33. The molecule has 0 aliphatic heterocycles. The van der Waals surface area contributed by atoms with Gasteiger partial charge in [0.05, 0.1) is 12.8 Å². The second kappa shape index (κ2) is 4.81. The molecule has 3 N–H and O–H groups in total. The van der Waals surface area contributed by atoms with Crippen LogP contribution in [0.3, 0.4) is 0 Å². The quantitative estimate of drug-likeness (QED) is 0.805. The van der Waals surface area contributed by atoms with Crippen LogP contribution >= 0.6 is 0 Å². The Bertz CT molecular complexity index is 431. The molecular formula is C15H24N2O. The van der Waals surface area contributed by atoms with Gasteiger partial charge in [-0.1, -0.05) is 26.8 Å². The number of hydrogen-bond acceptors (Lipinski definition) is 3. The highest BCUT2D eigenvalue weighted by molar-refractivity contribution is 5.60. The molecule has 0 bridgehead atoms. The van der Waals surface area contributed by atoms with Gasteiger partial charge in [0.25, 0.3) is 0 Å². The van der Waals surface area contributed by atoms with Crippen molar-refractivity contribution >= 4 is 5.69 Å². The van der Waals surface area contributed by atoms with Gasteiger partial charge in [0, 0.05) is 18.2 Å². The van der Waals surface area contributed by atoms with E-state index in [0.717, 1.165) is 23.5 Å². The monoisotopic (exact) mass is 248 g/mol. The molecule has 1 aliphatic carbocycles. The van der Waals surface area contributed by atoms with Crippen molar-refractivity contribution in [1.29, 1.82) is 0 Å². The van der Waals surface area contributed by atoms with Crippen LogP contribution in [0.25, 0.3) is 0 Å². The number of methoxy groups -OCH3 is 1. The molecule has 0 radical (unpaired) electrons. The van der Waals surface area contributed by atoms with Crippen LogP contribution in [0.5, 0.6) is 5.75 Å². The van der Waals surface area contributed by atoms with Crippen molar-refractivity contribution in [1.82, 2.24) is 5.32 Å². The number of benzene rings is 1. The van der Waals surface area contributed by atoms with Crippen molar-refractivity contribution in [3.05, 3.63) is 23.3 Å². The molecule has 1 aromatic carbocycles. The molecule has 1 saturated carbocycles. The number of rotatable bonds is 4. The molecule has 1 aromatic rings. The van der Waals surface area contributed by atoms with E-state index < -0.39 is 0 Å². The second-order valence-electron chi connectivity index (χ2n) is 6.16. The zero-order valence-corrected chi connectivity index (χ0v) is 11.8. The van der Waals surface area contributed by atoms with E-state index in [1.54, 1.807) is 7.11 Å². The average molecular weight is 248 g/mol. The van der Waals surface area contributed by atoms with Crippen LogP contribution in [-0.4, -0.2) is 13.2 Å². The van der Waals surface area contributed by atoms with E-state index in [1.807, 2.05) is 6.07 Å². The SMILES string of the molecule is COc1c(N)cc(C(C)(C)C)cc1CNC1CC1. The van der Waals surface area contributed by atoms with E-state index in [2.05, 4.69) is 32.2 Å². The number of anilines is 1. The summed E-state index contributed by atoms with van der Waals surface area (Å²) in [6.45, 7) is 7.44. The molecule has 0 aromatic heterocycles. The summed E-state index contributed by atoms with van der Waals surface area (Å²) in [6, 6.07) is 4.93. The van der Waals surface area contributed by atoms with Crippen molar-refractivity contribution in [2.75, 3.05) is 12.8 Å². The van der Waals surface area contributed by atoms with E-state index in [4.69, 9.17) is 10.5 Å². The lowest BCUT2D eigenvalue weighted by Gasteiger charge is -2.22. The first kappa shape index (κ1) is 13.2. The number of nitrogen functional groups attached to an aromatic ring is 1. The average Bonchev–Trinajstić information content (AvgIpc) is 3.08. The minimum Gasteiger partial charge on any atom is -0.494 e. The van der Waals surface area contributed by atoms with Crippen molar-refractivity contribution < 1.29 is 4.74 Å². The van der Waals surface area contributed by atoms with Crippen molar-refractivity contribution in [3.8, 4) is 5.75 Å². The first-order valence-electron chi connectivity index (χ1n) is 6.62. The van der Waals surface area contributed by atoms with Crippen molar-refractivity contribution in [2.24, 2.45) is 0 Å². The summed E-state index contributed by atoms with van der Waals surface area (Å²) < 4.78 is 5.43. The van der Waals surface area contributed by atoms with E-state index in [-0.39, 0.29) is 5.41 Å². The third-order valence-corrected chi connectivity index (χ3v) is 3.42. The minimum atomic E-state index is 0.106. The topological polar surface area (TPSA) is 47.3 Å². The summed E-state index contributed by atoms with van der Waals surface area (Å²) in [7, 11) is 1.68. The molecule has 100 valence electrons. The molecule has 0 spiro atoms. The van der Waals surface area contributed by atoms with Gasteiger partial charge in [0.1, 0.15) is 5.75 Å². The van der Waals surface area contributed by atoms with Gasteiger partial charge in [-0.15, -0.1) is 0 Å². The maximum Gasteiger partial charge on any atom is 0.146 e. The minimum absolute atomic E-state index is 0.106. The highest BCUT2D eigenvalue weighted by atomic mass is 16.5. The maximum absolute atomic E-state index is 6.10. The molecule has 0 heterocycles. The Morgan fingerprint density at radius 1 is 1.33 bits per heavy atom. The molecule has 0 atom stereocenters. The standard InChI is InChI=1S/C15H24N2O/c1-15(2,3)11-7-10(9-17-12-5-6-12)14(18-4)13(16)8-11/h7-8,12,17H,5-6,9,16H2,1-4H3. The molecule has 18 heavy (non-hydrogen) atoms. The lowest BCUT2D eigenvalue weighted by Crippen LogP contribution is -2.18. The molecule has 2 rings (SSSR count). The summed E-state index contributed by atoms with van der Waals surface area (Å²) >= 11 is 0. The van der Waals surface area contributed by atoms with E-state index in [1.165, 1.54) is 18.4 Å². The Hall–Kier alpha value is -1.22. The lowest BCUT2D eigenvalue weighted by atomic mass is 9.85. The van der Waals surface area contributed by atoms with Gasteiger partial charge >= 0.3 is 0 Å². The van der Waals surface area contributed by atoms with Crippen LogP contribution in [0.1, 0.15) is 44.7 Å². The van der Waals surface area contributed by atoms with Gasteiger partial charge in [-0.25, -0.2) is 0 Å². The Morgan fingerprint density at radius 3 is 2.50 bits per heavy atom. The third-order valence-electron chi connectivity index (χ3n) is 3.42. The molecule has 0 saturated heterocycles. The summed E-state index contributed by atoms with van der Waals surface area (Å²) in [4.78, 5) is 0. The zero-order chi connectivity index (χ0) is 13.3. The van der Waals surface area contributed by atoms with Crippen LogP contribution in [0.4, 0.5) is 5.69 Å². The van der Waals surface area contributed by atoms with Crippen LogP contribution in [-0.2, 0) is 12.0 Å². The maximum atomic E-state index is 6.10. The van der Waals surface area contributed by atoms with Gasteiger partial charge in [0.15, 0.2) is 0 Å². The van der Waals surface area contributed by atoms with E-state index in [0.29, 0.717) is 6.04 Å². The summed E-state index contributed by atoms with van der Waals surface area (Å²) in [6.07, 6.45) is 2.58. The van der Waals surface area contributed by atoms with Gasteiger partial charge < -0.3 is 15.8 Å². The summed E-state index contributed by atoms with van der Waals surface area (Å²) in [5.41, 5.74) is 9.36. The predicted molar refractivity (Wildman–Crippen MR) is 76.0 cm³/mol. The first-order valence-corrected chi connectivity index (χ1v) is 6.62.